The normalized spacial score (nSPS) is 14.9. The van der Waals surface area contributed by atoms with E-state index in [-0.39, 0.29) is 5.54 Å². The third kappa shape index (κ3) is 10.3. The topological polar surface area (TPSA) is 49.4 Å². The molecule has 0 aromatic carbocycles. The van der Waals surface area contributed by atoms with E-state index in [9.17, 15) is 8.42 Å². The molecule has 0 saturated carbocycles. The van der Waals surface area contributed by atoms with Crippen LogP contribution in [0.4, 0.5) is 0 Å². The third-order valence-electron chi connectivity index (χ3n) is 3.69. The molecule has 128 valence electrons. The molecular formula is C16H36N2O2S. The summed E-state index contributed by atoms with van der Waals surface area (Å²) in [6.45, 7) is 15.0. The molecule has 0 aromatic heterocycles. The quantitative estimate of drug-likeness (QED) is 0.636. The Morgan fingerprint density at radius 3 is 2.10 bits per heavy atom. The fourth-order valence-corrected chi connectivity index (χ4v) is 4.20. The fourth-order valence-electron chi connectivity index (χ4n) is 3.11. The molecule has 1 N–H and O–H groups in total. The van der Waals surface area contributed by atoms with Crippen LogP contribution in [0.1, 0.15) is 67.2 Å². The number of hydrogen-bond acceptors (Lipinski definition) is 3. The zero-order valence-corrected chi connectivity index (χ0v) is 15.9. The van der Waals surface area contributed by atoms with Crippen LogP contribution in [-0.2, 0) is 10.0 Å². The third-order valence-corrected chi connectivity index (χ3v) is 4.61. The van der Waals surface area contributed by atoms with Crippen molar-refractivity contribution in [1.82, 2.24) is 9.62 Å². The zero-order valence-electron chi connectivity index (χ0n) is 15.1. The Bertz CT molecular complexity index is 378. The van der Waals surface area contributed by atoms with Crippen LogP contribution in [0.5, 0.6) is 0 Å². The monoisotopic (exact) mass is 320 g/mol. The maximum atomic E-state index is 11.5. The summed E-state index contributed by atoms with van der Waals surface area (Å²) in [6.07, 6.45) is 5.55. The summed E-state index contributed by atoms with van der Waals surface area (Å²) in [7, 11) is -3.16. The highest BCUT2D eigenvalue weighted by molar-refractivity contribution is 7.88. The van der Waals surface area contributed by atoms with Crippen LogP contribution in [0.3, 0.4) is 0 Å². The minimum Gasteiger partial charge on any atom is -0.301 e. The van der Waals surface area contributed by atoms with Crippen molar-refractivity contribution in [3.05, 3.63) is 0 Å². The van der Waals surface area contributed by atoms with Crippen molar-refractivity contribution >= 4 is 10.0 Å². The summed E-state index contributed by atoms with van der Waals surface area (Å²) in [5, 5.41) is 0. The van der Waals surface area contributed by atoms with E-state index < -0.39 is 10.0 Å². The van der Waals surface area contributed by atoms with Gasteiger partial charge in [-0.25, -0.2) is 13.1 Å². The molecule has 0 bridgehead atoms. The van der Waals surface area contributed by atoms with E-state index in [2.05, 4.69) is 37.3 Å². The molecule has 21 heavy (non-hydrogen) atoms. The van der Waals surface area contributed by atoms with Gasteiger partial charge in [0.15, 0.2) is 0 Å². The lowest BCUT2D eigenvalue weighted by Crippen LogP contribution is -2.46. The average Bonchev–Trinajstić information content (AvgIpc) is 2.24. The lowest BCUT2D eigenvalue weighted by Gasteiger charge is -2.35. The van der Waals surface area contributed by atoms with Crippen molar-refractivity contribution in [2.75, 3.05) is 19.3 Å². The molecule has 0 rings (SSSR count). The average molecular weight is 321 g/mol. The zero-order chi connectivity index (χ0) is 16.7. The van der Waals surface area contributed by atoms with Gasteiger partial charge in [-0.3, -0.25) is 0 Å². The van der Waals surface area contributed by atoms with Gasteiger partial charge in [0.1, 0.15) is 0 Å². The van der Waals surface area contributed by atoms with E-state index in [1.54, 1.807) is 0 Å². The van der Waals surface area contributed by atoms with Gasteiger partial charge in [-0.05, 0) is 59.4 Å². The van der Waals surface area contributed by atoms with Gasteiger partial charge in [0.2, 0.25) is 10.0 Å². The predicted octanol–water partition coefficient (Wildman–Crippen LogP) is 3.24. The summed E-state index contributed by atoms with van der Waals surface area (Å²) < 4.78 is 25.8. The highest BCUT2D eigenvalue weighted by Gasteiger charge is 2.27. The Kier molecular flexibility index (Phi) is 9.05. The molecule has 0 aliphatic carbocycles. The minimum atomic E-state index is -3.16. The summed E-state index contributed by atoms with van der Waals surface area (Å²) in [6, 6.07) is 0.537. The van der Waals surface area contributed by atoms with E-state index in [4.69, 9.17) is 0 Å². The SMILES string of the molecule is CCCC(CN(CCC)C(C)C)CC(C)(C)NS(C)(=O)=O. The highest BCUT2D eigenvalue weighted by atomic mass is 32.2. The Balaban J connectivity index is 4.81. The van der Waals surface area contributed by atoms with Gasteiger partial charge in [0, 0.05) is 18.1 Å². The molecule has 0 aromatic rings. The molecule has 0 fully saturated rings. The first-order valence-corrected chi connectivity index (χ1v) is 10.1. The molecule has 0 amide bonds. The van der Waals surface area contributed by atoms with Gasteiger partial charge >= 0.3 is 0 Å². The van der Waals surface area contributed by atoms with E-state index >= 15 is 0 Å². The Morgan fingerprint density at radius 2 is 1.71 bits per heavy atom. The van der Waals surface area contributed by atoms with Crippen LogP contribution in [0.25, 0.3) is 0 Å². The van der Waals surface area contributed by atoms with Gasteiger partial charge < -0.3 is 4.90 Å². The molecule has 0 aliphatic rings. The van der Waals surface area contributed by atoms with Crippen LogP contribution in [0, 0.1) is 5.92 Å². The van der Waals surface area contributed by atoms with Gasteiger partial charge in [0.05, 0.1) is 6.26 Å². The summed E-state index contributed by atoms with van der Waals surface area (Å²) in [5.74, 6) is 0.521. The molecule has 0 heterocycles. The van der Waals surface area contributed by atoms with Crippen molar-refractivity contribution in [2.45, 2.75) is 78.8 Å². The van der Waals surface area contributed by atoms with Crippen molar-refractivity contribution in [3.8, 4) is 0 Å². The number of nitrogens with one attached hydrogen (secondary N) is 1. The molecule has 1 unspecified atom stereocenters. The van der Waals surface area contributed by atoms with Gasteiger partial charge in [-0.1, -0.05) is 20.3 Å². The Labute approximate surface area is 132 Å². The van der Waals surface area contributed by atoms with Crippen molar-refractivity contribution in [1.29, 1.82) is 0 Å². The van der Waals surface area contributed by atoms with Crippen LogP contribution < -0.4 is 4.72 Å². The van der Waals surface area contributed by atoms with E-state index in [0.29, 0.717) is 12.0 Å². The van der Waals surface area contributed by atoms with Crippen molar-refractivity contribution < 1.29 is 8.42 Å². The maximum Gasteiger partial charge on any atom is 0.209 e. The lowest BCUT2D eigenvalue weighted by atomic mass is 9.88. The number of hydrogen-bond donors (Lipinski definition) is 1. The molecule has 5 heteroatoms. The van der Waals surface area contributed by atoms with E-state index in [1.807, 2.05) is 13.8 Å². The molecule has 4 nitrogen and oxygen atoms in total. The summed E-state index contributed by atoms with van der Waals surface area (Å²) >= 11 is 0. The molecular weight excluding hydrogens is 284 g/mol. The van der Waals surface area contributed by atoms with Crippen molar-refractivity contribution in [3.63, 3.8) is 0 Å². The molecule has 0 aliphatic heterocycles. The van der Waals surface area contributed by atoms with Crippen LogP contribution in [0.2, 0.25) is 0 Å². The van der Waals surface area contributed by atoms with E-state index in [0.717, 1.165) is 38.8 Å². The second kappa shape index (κ2) is 9.11. The Hall–Kier alpha value is -0.130. The van der Waals surface area contributed by atoms with Crippen molar-refractivity contribution in [2.24, 2.45) is 5.92 Å². The number of sulfonamides is 1. The highest BCUT2D eigenvalue weighted by Crippen LogP contribution is 2.23. The summed E-state index contributed by atoms with van der Waals surface area (Å²) in [5.41, 5.74) is -0.387. The van der Waals surface area contributed by atoms with Gasteiger partial charge in [-0.15, -0.1) is 0 Å². The van der Waals surface area contributed by atoms with Crippen LogP contribution in [0.15, 0.2) is 0 Å². The molecule has 1 atom stereocenters. The maximum absolute atomic E-state index is 11.5. The standard InChI is InChI=1S/C16H36N2O2S/c1-8-10-15(13-18(11-9-2)14(3)4)12-16(5,6)17-21(7,19)20/h14-15,17H,8-13H2,1-7H3. The second-order valence-electron chi connectivity index (χ2n) is 7.21. The lowest BCUT2D eigenvalue weighted by molar-refractivity contribution is 0.163. The van der Waals surface area contributed by atoms with Crippen LogP contribution in [-0.4, -0.2) is 44.2 Å². The molecule has 0 radical (unpaired) electrons. The first-order chi connectivity index (χ1) is 9.50. The molecule has 0 saturated heterocycles. The fraction of sp³-hybridized carbons (Fsp3) is 1.00. The summed E-state index contributed by atoms with van der Waals surface area (Å²) in [4.78, 5) is 2.51. The van der Waals surface area contributed by atoms with Gasteiger partial charge in [-0.2, -0.15) is 0 Å². The largest absolute Gasteiger partial charge is 0.301 e. The first kappa shape index (κ1) is 20.9. The van der Waals surface area contributed by atoms with E-state index in [1.165, 1.54) is 6.26 Å². The smallest absolute Gasteiger partial charge is 0.209 e. The minimum absolute atomic E-state index is 0.387. The Morgan fingerprint density at radius 1 is 1.14 bits per heavy atom. The molecule has 0 spiro atoms. The van der Waals surface area contributed by atoms with Gasteiger partial charge in [0.25, 0.3) is 0 Å². The van der Waals surface area contributed by atoms with Crippen LogP contribution >= 0.6 is 0 Å². The first-order valence-electron chi connectivity index (χ1n) is 8.23. The predicted molar refractivity (Wildman–Crippen MR) is 92.1 cm³/mol. The number of nitrogens with zero attached hydrogens (tertiary/aromatic N) is 1. The number of rotatable bonds is 11. The second-order valence-corrected chi connectivity index (χ2v) is 8.95.